The SMILES string of the molecule is CCC(=O)c1ccc(OC(=O)C(C)c2ccccc2)s1. The van der Waals surface area contributed by atoms with Crippen LogP contribution in [0.25, 0.3) is 0 Å². The van der Waals surface area contributed by atoms with E-state index in [4.69, 9.17) is 4.74 Å². The highest BCUT2D eigenvalue weighted by atomic mass is 32.1. The Bertz CT molecular complexity index is 601. The minimum absolute atomic E-state index is 0.0633. The Hall–Kier alpha value is -1.94. The molecule has 0 fully saturated rings. The maximum absolute atomic E-state index is 12.1. The predicted molar refractivity (Wildman–Crippen MR) is 79.4 cm³/mol. The Kier molecular flexibility index (Phi) is 4.69. The van der Waals surface area contributed by atoms with Crippen molar-refractivity contribution in [3.05, 3.63) is 52.9 Å². The fraction of sp³-hybridized carbons (Fsp3) is 0.250. The number of Topliss-reactive ketones (excluding diaryl/α,β-unsaturated/α-hetero) is 1. The molecule has 3 nitrogen and oxygen atoms in total. The van der Waals surface area contributed by atoms with Crippen molar-refractivity contribution in [2.75, 3.05) is 0 Å². The molecule has 2 rings (SSSR count). The third-order valence-corrected chi connectivity index (χ3v) is 4.04. The molecule has 0 aliphatic carbocycles. The third kappa shape index (κ3) is 3.33. The van der Waals surface area contributed by atoms with Crippen LogP contribution in [0, 0.1) is 0 Å². The zero-order chi connectivity index (χ0) is 14.5. The normalized spacial score (nSPS) is 11.9. The number of hydrogen-bond acceptors (Lipinski definition) is 4. The van der Waals surface area contributed by atoms with Crippen molar-refractivity contribution in [3.63, 3.8) is 0 Å². The van der Waals surface area contributed by atoms with Crippen LogP contribution in [-0.4, -0.2) is 11.8 Å². The molecule has 1 heterocycles. The lowest BCUT2D eigenvalue weighted by Gasteiger charge is -2.09. The molecule has 0 saturated carbocycles. The number of thiophene rings is 1. The second kappa shape index (κ2) is 6.48. The van der Waals surface area contributed by atoms with Gasteiger partial charge in [0.2, 0.25) is 0 Å². The summed E-state index contributed by atoms with van der Waals surface area (Å²) >= 11 is 1.21. The first-order valence-electron chi connectivity index (χ1n) is 6.51. The third-order valence-electron chi connectivity index (χ3n) is 3.03. The number of rotatable bonds is 5. The summed E-state index contributed by atoms with van der Waals surface area (Å²) in [5, 5.41) is 0.467. The molecule has 1 aromatic heterocycles. The molecule has 4 heteroatoms. The maximum atomic E-state index is 12.1. The first-order valence-corrected chi connectivity index (χ1v) is 7.33. The molecule has 0 radical (unpaired) electrons. The molecule has 0 amide bonds. The van der Waals surface area contributed by atoms with Crippen molar-refractivity contribution in [2.45, 2.75) is 26.2 Å². The van der Waals surface area contributed by atoms with Gasteiger partial charge in [0.05, 0.1) is 10.8 Å². The molecule has 0 saturated heterocycles. The number of ether oxygens (including phenoxy) is 1. The Morgan fingerprint density at radius 3 is 2.50 bits per heavy atom. The Morgan fingerprint density at radius 1 is 1.15 bits per heavy atom. The van der Waals surface area contributed by atoms with Gasteiger partial charge in [-0.25, -0.2) is 0 Å². The summed E-state index contributed by atoms with van der Waals surface area (Å²) in [4.78, 5) is 24.2. The average Bonchev–Trinajstić information content (AvgIpc) is 2.95. The van der Waals surface area contributed by atoms with Crippen LogP contribution in [0.4, 0.5) is 0 Å². The predicted octanol–water partition coefficient (Wildman–Crippen LogP) is 4.05. The average molecular weight is 288 g/mol. The van der Waals surface area contributed by atoms with E-state index >= 15 is 0 Å². The number of ketones is 1. The lowest BCUT2D eigenvalue weighted by molar-refractivity contribution is -0.135. The lowest BCUT2D eigenvalue weighted by atomic mass is 10.0. The minimum atomic E-state index is -0.330. The van der Waals surface area contributed by atoms with Crippen LogP contribution in [0.1, 0.15) is 41.4 Å². The fourth-order valence-corrected chi connectivity index (χ4v) is 2.64. The van der Waals surface area contributed by atoms with Gasteiger partial charge in [-0.05, 0) is 24.6 Å². The van der Waals surface area contributed by atoms with Gasteiger partial charge in [-0.2, -0.15) is 0 Å². The molecular formula is C16H16O3S. The van der Waals surface area contributed by atoms with E-state index in [1.807, 2.05) is 44.2 Å². The van der Waals surface area contributed by atoms with Crippen molar-refractivity contribution >= 4 is 23.1 Å². The van der Waals surface area contributed by atoms with E-state index in [9.17, 15) is 9.59 Å². The Morgan fingerprint density at radius 2 is 1.85 bits per heavy atom. The molecule has 0 aliphatic heterocycles. The zero-order valence-corrected chi connectivity index (χ0v) is 12.3. The number of carbonyl (C=O) groups excluding carboxylic acids is 2. The van der Waals surface area contributed by atoms with Gasteiger partial charge in [0.25, 0.3) is 0 Å². The van der Waals surface area contributed by atoms with E-state index < -0.39 is 0 Å². The van der Waals surface area contributed by atoms with Crippen LogP contribution in [0.3, 0.4) is 0 Å². The maximum Gasteiger partial charge on any atom is 0.319 e. The van der Waals surface area contributed by atoms with Gasteiger partial charge in [0.1, 0.15) is 0 Å². The van der Waals surface area contributed by atoms with Crippen molar-refractivity contribution in [1.82, 2.24) is 0 Å². The molecule has 1 unspecified atom stereocenters. The largest absolute Gasteiger partial charge is 0.415 e. The number of benzene rings is 1. The minimum Gasteiger partial charge on any atom is -0.415 e. The summed E-state index contributed by atoms with van der Waals surface area (Å²) < 4.78 is 5.33. The molecule has 0 N–H and O–H groups in total. The molecular weight excluding hydrogens is 272 g/mol. The van der Waals surface area contributed by atoms with Gasteiger partial charge in [0.15, 0.2) is 10.8 Å². The second-order valence-electron chi connectivity index (χ2n) is 4.45. The summed E-state index contributed by atoms with van der Waals surface area (Å²) in [6.07, 6.45) is 0.453. The highest BCUT2D eigenvalue weighted by molar-refractivity contribution is 7.15. The number of esters is 1. The van der Waals surface area contributed by atoms with Gasteiger partial charge in [-0.3, -0.25) is 9.59 Å². The molecule has 104 valence electrons. The van der Waals surface area contributed by atoms with Crippen LogP contribution in [0.2, 0.25) is 0 Å². The Balaban J connectivity index is 2.04. The highest BCUT2D eigenvalue weighted by Gasteiger charge is 2.18. The lowest BCUT2D eigenvalue weighted by Crippen LogP contribution is -2.15. The van der Waals surface area contributed by atoms with Crippen LogP contribution in [0.5, 0.6) is 5.06 Å². The van der Waals surface area contributed by atoms with Gasteiger partial charge in [-0.15, -0.1) is 0 Å². The zero-order valence-electron chi connectivity index (χ0n) is 11.5. The monoisotopic (exact) mass is 288 g/mol. The van der Waals surface area contributed by atoms with Crippen molar-refractivity contribution in [1.29, 1.82) is 0 Å². The summed E-state index contributed by atoms with van der Waals surface area (Å²) in [6, 6.07) is 12.8. The standard InChI is InChI=1S/C16H16O3S/c1-3-13(17)14-9-10-15(20-14)19-16(18)11(2)12-7-5-4-6-8-12/h4-11H,3H2,1-2H3. The quantitative estimate of drug-likeness (QED) is 0.616. The molecule has 0 spiro atoms. The van der Waals surface area contributed by atoms with Gasteiger partial charge >= 0.3 is 5.97 Å². The van der Waals surface area contributed by atoms with Crippen molar-refractivity contribution in [2.24, 2.45) is 0 Å². The van der Waals surface area contributed by atoms with Crippen LogP contribution in [0.15, 0.2) is 42.5 Å². The summed E-state index contributed by atoms with van der Waals surface area (Å²) in [7, 11) is 0. The number of carbonyl (C=O) groups is 2. The smallest absolute Gasteiger partial charge is 0.319 e. The highest BCUT2D eigenvalue weighted by Crippen LogP contribution is 2.27. The van der Waals surface area contributed by atoms with E-state index in [0.717, 1.165) is 5.56 Å². The summed E-state index contributed by atoms with van der Waals surface area (Å²) in [6.45, 7) is 3.62. The molecule has 1 atom stereocenters. The summed E-state index contributed by atoms with van der Waals surface area (Å²) in [5.41, 5.74) is 0.916. The van der Waals surface area contributed by atoms with Crippen LogP contribution >= 0.6 is 11.3 Å². The van der Waals surface area contributed by atoms with Gasteiger partial charge < -0.3 is 4.74 Å². The van der Waals surface area contributed by atoms with E-state index in [2.05, 4.69) is 0 Å². The molecule has 20 heavy (non-hydrogen) atoms. The number of hydrogen-bond donors (Lipinski definition) is 0. The van der Waals surface area contributed by atoms with Gasteiger partial charge in [-0.1, -0.05) is 48.6 Å². The Labute approximate surface area is 122 Å². The molecule has 0 aliphatic rings. The van der Waals surface area contributed by atoms with E-state index in [1.165, 1.54) is 11.3 Å². The second-order valence-corrected chi connectivity index (χ2v) is 5.50. The van der Waals surface area contributed by atoms with E-state index in [-0.39, 0.29) is 17.7 Å². The topological polar surface area (TPSA) is 43.4 Å². The van der Waals surface area contributed by atoms with Crippen LogP contribution < -0.4 is 4.74 Å². The van der Waals surface area contributed by atoms with Gasteiger partial charge in [0, 0.05) is 6.42 Å². The van der Waals surface area contributed by atoms with E-state index in [1.54, 1.807) is 12.1 Å². The van der Waals surface area contributed by atoms with Crippen LogP contribution in [-0.2, 0) is 4.79 Å². The first kappa shape index (κ1) is 14.5. The van der Waals surface area contributed by atoms with Crippen molar-refractivity contribution in [3.8, 4) is 5.06 Å². The molecule has 0 bridgehead atoms. The fourth-order valence-electron chi connectivity index (χ4n) is 1.76. The molecule has 2 aromatic rings. The van der Waals surface area contributed by atoms with Crippen molar-refractivity contribution < 1.29 is 14.3 Å². The summed E-state index contributed by atoms with van der Waals surface area (Å²) in [5.74, 6) is -0.578. The molecule has 1 aromatic carbocycles. The first-order chi connectivity index (χ1) is 9.61. The van der Waals surface area contributed by atoms with E-state index in [0.29, 0.717) is 16.4 Å².